The lowest BCUT2D eigenvalue weighted by Gasteiger charge is -2.41. The number of nitrogens with one attached hydrogen (secondary N) is 2. The summed E-state index contributed by atoms with van der Waals surface area (Å²) in [6, 6.07) is 5.30. The fourth-order valence-electron chi connectivity index (χ4n) is 7.83. The van der Waals surface area contributed by atoms with E-state index in [2.05, 4.69) is 10.6 Å². The van der Waals surface area contributed by atoms with Crippen molar-refractivity contribution in [1.82, 2.24) is 25.3 Å². The normalized spacial score (nSPS) is 18.5. The molecule has 2 rings (SSSR count). The number of likely N-dealkylation sites (tertiary alicyclic amines) is 1. The second-order valence-electron chi connectivity index (χ2n) is 16.0. The monoisotopic (exact) mass is 759 g/mol. The van der Waals surface area contributed by atoms with Gasteiger partial charge >= 0.3 is 0 Å². The van der Waals surface area contributed by atoms with Crippen LogP contribution in [0.3, 0.4) is 0 Å². The Morgan fingerprint density at radius 2 is 1.56 bits per heavy atom. The number of hydrogen-bond acceptors (Lipinski definition) is 9. The highest BCUT2D eigenvalue weighted by Crippen LogP contribution is 2.30. The average Bonchev–Trinajstić information content (AvgIpc) is 3.61. The summed E-state index contributed by atoms with van der Waals surface area (Å²) in [5.41, 5.74) is 7.29. The molecule has 0 saturated carbocycles. The first kappa shape index (κ1) is 46.6. The zero-order valence-corrected chi connectivity index (χ0v) is 35.0. The molecule has 54 heavy (non-hydrogen) atoms. The summed E-state index contributed by atoms with van der Waals surface area (Å²) >= 11 is 0. The number of carbonyl (C=O) groups excluding carboxylic acids is 5. The highest BCUT2D eigenvalue weighted by atomic mass is 16.5. The van der Waals surface area contributed by atoms with E-state index in [1.54, 1.807) is 50.1 Å². The molecular weight excluding hydrogens is 688 g/mol. The summed E-state index contributed by atoms with van der Waals surface area (Å²) in [6.45, 7) is 14.5. The van der Waals surface area contributed by atoms with E-state index in [0.717, 1.165) is 18.4 Å². The maximum Gasteiger partial charge on any atom is 0.245 e. The fraction of sp³-hybridized carbons (Fsp3) is 0.732. The zero-order valence-electron chi connectivity index (χ0n) is 35.0. The quantitative estimate of drug-likeness (QED) is 0.149. The number of benzene rings is 1. The average molecular weight is 759 g/mol. The fourth-order valence-corrected chi connectivity index (χ4v) is 7.83. The second kappa shape index (κ2) is 22.1. The van der Waals surface area contributed by atoms with Crippen LogP contribution in [-0.2, 0) is 40.0 Å². The van der Waals surface area contributed by atoms with Crippen LogP contribution in [0.2, 0.25) is 0 Å². The largest absolute Gasteiger partial charge is 0.399 e. The van der Waals surface area contributed by atoms with E-state index in [0.29, 0.717) is 25.2 Å². The van der Waals surface area contributed by atoms with Gasteiger partial charge in [0, 0.05) is 58.8 Å². The number of nitrogens with zero attached hydrogens (tertiary/aromatic N) is 3. The first-order valence-electron chi connectivity index (χ1n) is 19.6. The van der Waals surface area contributed by atoms with Gasteiger partial charge in [-0.3, -0.25) is 28.9 Å². The molecule has 0 aromatic heterocycles. The highest BCUT2D eigenvalue weighted by Gasteiger charge is 2.43. The van der Waals surface area contributed by atoms with Crippen molar-refractivity contribution in [3.8, 4) is 0 Å². The number of likely N-dealkylation sites (N-methyl/N-ethyl adjacent to an activating group) is 2. The van der Waals surface area contributed by atoms with Crippen molar-refractivity contribution in [2.45, 2.75) is 130 Å². The van der Waals surface area contributed by atoms with Gasteiger partial charge in [0.25, 0.3) is 0 Å². The minimum atomic E-state index is -0.761. The SMILES string of the molecule is CC[C@H](C)[C@@H]([C@@H](CC(=O)N1CCC[C@H]1[C@H](OC)[C@@H](C)C(=O)CCC(=O)NCc1ccc(N)cc1)OC)N(C)C(=O)[C@@H](NC(=O)[C@H](C(C)C)N(C)C)C(C)C. The van der Waals surface area contributed by atoms with Crippen LogP contribution in [0, 0.1) is 23.7 Å². The van der Waals surface area contributed by atoms with E-state index in [1.165, 1.54) is 0 Å². The van der Waals surface area contributed by atoms with E-state index in [4.69, 9.17) is 15.2 Å². The van der Waals surface area contributed by atoms with Crippen molar-refractivity contribution >= 4 is 35.1 Å². The summed E-state index contributed by atoms with van der Waals surface area (Å²) < 4.78 is 11.9. The molecule has 0 unspecified atom stereocenters. The van der Waals surface area contributed by atoms with Crippen molar-refractivity contribution in [3.05, 3.63) is 29.8 Å². The molecule has 4 N–H and O–H groups in total. The van der Waals surface area contributed by atoms with Crippen LogP contribution in [-0.4, -0.2) is 122 Å². The van der Waals surface area contributed by atoms with Gasteiger partial charge in [0.2, 0.25) is 23.6 Å². The molecule has 1 saturated heterocycles. The van der Waals surface area contributed by atoms with E-state index in [1.807, 2.05) is 72.7 Å². The van der Waals surface area contributed by atoms with Crippen molar-refractivity contribution in [2.24, 2.45) is 23.7 Å². The molecule has 1 aromatic carbocycles. The molecule has 306 valence electrons. The Labute approximate surface area is 324 Å². The van der Waals surface area contributed by atoms with E-state index >= 15 is 0 Å². The van der Waals surface area contributed by atoms with Gasteiger partial charge in [0.05, 0.1) is 36.8 Å². The molecule has 13 heteroatoms. The number of ether oxygens (including phenoxy) is 2. The summed E-state index contributed by atoms with van der Waals surface area (Å²) in [4.78, 5) is 73.0. The summed E-state index contributed by atoms with van der Waals surface area (Å²) in [6.07, 6.45) is 1.14. The third-order valence-electron chi connectivity index (χ3n) is 11.1. The number of rotatable bonds is 22. The Bertz CT molecular complexity index is 1360. The third-order valence-corrected chi connectivity index (χ3v) is 11.1. The van der Waals surface area contributed by atoms with Gasteiger partial charge in [0.15, 0.2) is 0 Å². The molecule has 8 atom stereocenters. The number of carbonyl (C=O) groups is 5. The Balaban J connectivity index is 2.17. The number of methoxy groups -OCH3 is 2. The molecule has 4 amide bonds. The molecule has 13 nitrogen and oxygen atoms in total. The number of Topliss-reactive ketones (excluding diaryl/α,β-unsaturated/α-hetero) is 1. The molecule has 0 spiro atoms. The Morgan fingerprint density at radius 3 is 2.07 bits per heavy atom. The van der Waals surface area contributed by atoms with Crippen LogP contribution in [0.5, 0.6) is 0 Å². The molecular formula is C41H70N6O7. The van der Waals surface area contributed by atoms with Gasteiger partial charge in [-0.15, -0.1) is 0 Å². The molecule has 1 heterocycles. The van der Waals surface area contributed by atoms with Crippen LogP contribution in [0.15, 0.2) is 24.3 Å². The Kier molecular flexibility index (Phi) is 19.1. The molecule has 0 radical (unpaired) electrons. The van der Waals surface area contributed by atoms with E-state index in [9.17, 15) is 24.0 Å². The summed E-state index contributed by atoms with van der Waals surface area (Å²) in [7, 11) is 8.55. The van der Waals surface area contributed by atoms with E-state index in [-0.39, 0.29) is 72.5 Å². The Hall–Kier alpha value is -3.55. The third kappa shape index (κ3) is 12.8. The van der Waals surface area contributed by atoms with Crippen LogP contribution in [0.4, 0.5) is 5.69 Å². The molecule has 1 fully saturated rings. The number of anilines is 1. The smallest absolute Gasteiger partial charge is 0.245 e. The first-order chi connectivity index (χ1) is 25.4. The van der Waals surface area contributed by atoms with Crippen LogP contribution in [0.25, 0.3) is 0 Å². The number of nitrogens with two attached hydrogens (primary N) is 1. The van der Waals surface area contributed by atoms with Gasteiger partial charge in [-0.25, -0.2) is 0 Å². The zero-order chi connectivity index (χ0) is 40.9. The molecule has 0 bridgehead atoms. The Morgan fingerprint density at radius 1 is 0.926 bits per heavy atom. The number of amides is 4. The topological polar surface area (TPSA) is 164 Å². The predicted molar refractivity (Wildman–Crippen MR) is 212 cm³/mol. The lowest BCUT2D eigenvalue weighted by molar-refractivity contribution is -0.148. The standard InChI is InChI=1S/C41H70N6O7/c1-13-27(6)38(46(10)41(52)36(25(2)3)44-40(51)37(26(4)5)45(8)9)33(53-11)23-35(50)47-22-14-15-31(47)39(54-12)28(7)32(48)20-21-34(49)43-24-29-16-18-30(42)19-17-29/h16-19,25-28,31,33,36-39H,13-15,20-24,42H2,1-12H3,(H,43,49)(H,44,51)/t27-,28-,31-,33+,36-,37-,38-,39+/m0/s1. The van der Waals surface area contributed by atoms with E-state index < -0.39 is 36.3 Å². The van der Waals surface area contributed by atoms with Gasteiger partial charge in [0.1, 0.15) is 11.8 Å². The predicted octanol–water partition coefficient (Wildman–Crippen LogP) is 3.88. The minimum absolute atomic E-state index is 0.0205. The summed E-state index contributed by atoms with van der Waals surface area (Å²) in [5, 5.41) is 5.88. The van der Waals surface area contributed by atoms with Crippen LogP contribution >= 0.6 is 0 Å². The first-order valence-corrected chi connectivity index (χ1v) is 19.6. The van der Waals surface area contributed by atoms with Crippen molar-refractivity contribution in [2.75, 3.05) is 47.6 Å². The van der Waals surface area contributed by atoms with Gasteiger partial charge < -0.3 is 35.6 Å². The minimum Gasteiger partial charge on any atom is -0.399 e. The van der Waals surface area contributed by atoms with Gasteiger partial charge in [-0.1, -0.05) is 67.0 Å². The summed E-state index contributed by atoms with van der Waals surface area (Å²) in [5.74, 6) is -1.59. The number of ketones is 1. The lowest BCUT2D eigenvalue weighted by Crippen LogP contribution is -2.59. The lowest BCUT2D eigenvalue weighted by atomic mass is 9.88. The highest BCUT2D eigenvalue weighted by molar-refractivity contribution is 5.90. The molecule has 1 aliphatic rings. The number of nitrogen functional groups attached to an aromatic ring is 1. The van der Waals surface area contributed by atoms with Crippen LogP contribution in [0.1, 0.15) is 92.6 Å². The van der Waals surface area contributed by atoms with Crippen molar-refractivity contribution < 1.29 is 33.4 Å². The molecule has 0 aliphatic carbocycles. The maximum absolute atomic E-state index is 14.2. The maximum atomic E-state index is 14.2. The molecule has 1 aromatic rings. The number of hydrogen-bond donors (Lipinski definition) is 3. The van der Waals surface area contributed by atoms with Crippen LogP contribution < -0.4 is 16.4 Å². The van der Waals surface area contributed by atoms with Gasteiger partial charge in [-0.05, 0) is 62.4 Å². The molecule has 1 aliphatic heterocycles. The van der Waals surface area contributed by atoms with Crippen molar-refractivity contribution in [1.29, 1.82) is 0 Å². The van der Waals surface area contributed by atoms with Gasteiger partial charge in [-0.2, -0.15) is 0 Å². The second-order valence-corrected chi connectivity index (χ2v) is 16.0. The van der Waals surface area contributed by atoms with Crippen molar-refractivity contribution in [3.63, 3.8) is 0 Å².